The van der Waals surface area contributed by atoms with Crippen LogP contribution in [0.15, 0.2) is 34.9 Å². The maximum absolute atomic E-state index is 13.9. The number of non-ortho nitro benzene ring substituents is 1. The lowest BCUT2D eigenvalue weighted by Gasteiger charge is -2.37. The molecule has 16 heteroatoms. The zero-order chi connectivity index (χ0) is 36.5. The van der Waals surface area contributed by atoms with E-state index >= 15 is 0 Å². The number of rotatable bonds is 17. The molecule has 3 rings (SSSR count). The molecule has 3 aromatic rings. The van der Waals surface area contributed by atoms with Gasteiger partial charge in [0.25, 0.3) is 5.69 Å². The topological polar surface area (TPSA) is 196 Å². The zero-order valence-corrected chi connectivity index (χ0v) is 31.0. The second kappa shape index (κ2) is 17.1. The van der Waals surface area contributed by atoms with Crippen LogP contribution in [0.2, 0.25) is 18.1 Å². The van der Waals surface area contributed by atoms with Gasteiger partial charge in [0.2, 0.25) is 20.1 Å². The molecule has 0 radical (unpaired) electrons. The Bertz CT molecular complexity index is 1610. The molecule has 0 aliphatic rings. The number of aliphatic hydroxyl groups excluding tert-OH is 2. The van der Waals surface area contributed by atoms with E-state index < -0.39 is 38.0 Å². The summed E-state index contributed by atoms with van der Waals surface area (Å²) in [6, 6.07) is 6.86. The number of benzene rings is 2. The molecule has 3 N–H and O–H groups in total. The lowest BCUT2D eigenvalue weighted by atomic mass is 10.0. The van der Waals surface area contributed by atoms with Crippen molar-refractivity contribution < 1.29 is 43.1 Å². The Morgan fingerprint density at radius 2 is 1.84 bits per heavy atom. The summed E-state index contributed by atoms with van der Waals surface area (Å²) in [7, 11) is -0.917. The number of nitrogens with zero attached hydrogens (tertiary/aromatic N) is 3. The Kier molecular flexibility index (Phi) is 13.8. The largest absolute Gasteiger partial charge is 0.543 e. The highest BCUT2D eigenvalue weighted by Gasteiger charge is 2.40. The summed E-state index contributed by atoms with van der Waals surface area (Å²) >= 11 is 1.40. The smallest absolute Gasteiger partial charge is 0.339 e. The van der Waals surface area contributed by atoms with Crippen LogP contribution in [-0.2, 0) is 21.9 Å². The molecule has 0 spiro atoms. The van der Waals surface area contributed by atoms with Crippen LogP contribution in [-0.4, -0.2) is 71.0 Å². The Balaban J connectivity index is 1.97. The molecule has 14 nitrogen and oxygen atoms in total. The van der Waals surface area contributed by atoms with Gasteiger partial charge < -0.3 is 34.0 Å². The number of ether oxygens (including phenoxy) is 2. The molecule has 1 amide bonds. The summed E-state index contributed by atoms with van der Waals surface area (Å²) in [4.78, 5) is 41.5. The van der Waals surface area contributed by atoms with Crippen molar-refractivity contribution in [3.63, 3.8) is 0 Å². The van der Waals surface area contributed by atoms with E-state index in [0.29, 0.717) is 34.0 Å². The summed E-state index contributed by atoms with van der Waals surface area (Å²) in [6.45, 7) is 13.4. The minimum atomic E-state index is -2.43. The normalized spacial score (nSPS) is 13.0. The Morgan fingerprint density at radius 3 is 2.39 bits per heavy atom. The van der Waals surface area contributed by atoms with Gasteiger partial charge in [0.1, 0.15) is 24.1 Å². The monoisotopic (exact) mass is 718 g/mol. The number of aliphatic hydroxyl groups is 2. The van der Waals surface area contributed by atoms with Gasteiger partial charge in [-0.15, -0.1) is 0 Å². The molecule has 1 heterocycles. The zero-order valence-electron chi connectivity index (χ0n) is 29.2. The molecule has 0 fully saturated rings. The first-order valence-electron chi connectivity index (χ1n) is 15.7. The number of carbonyl (C=O) groups is 2. The molecule has 49 heavy (non-hydrogen) atoms. The Labute approximate surface area is 291 Å². The number of nitrogens with one attached hydrogen (secondary N) is 1. The lowest BCUT2D eigenvalue weighted by molar-refractivity contribution is -0.384. The maximum atomic E-state index is 13.9. The van der Waals surface area contributed by atoms with Crippen LogP contribution >= 0.6 is 11.8 Å². The Morgan fingerprint density at radius 1 is 1.16 bits per heavy atom. The van der Waals surface area contributed by atoms with Gasteiger partial charge in [-0.3, -0.25) is 14.9 Å². The van der Waals surface area contributed by atoms with Crippen molar-refractivity contribution >= 4 is 37.6 Å². The standard InChI is InChI=1S/C33H46N4O10SSi/c1-20-27(44-6)15-28(47-49(7,8)33(3,4)5)25(30(20)32(41)45-17-22-9-11-23(12-10-22)37(42)43)18-48-19-26(31-34-21(2)36-46-31)35-29(40)14-13-24(39)16-38/h9-12,15,24,26,38-39H,13-14,16-19H2,1-8H3,(H,35,40)/t24-,26+/m1/s1. The summed E-state index contributed by atoms with van der Waals surface area (Å²) in [5.41, 5.74) is 1.91. The van der Waals surface area contributed by atoms with Crippen molar-refractivity contribution in [1.82, 2.24) is 15.5 Å². The van der Waals surface area contributed by atoms with Gasteiger partial charge in [-0.05, 0) is 56.1 Å². The number of amides is 1. The molecular weight excluding hydrogens is 673 g/mol. The van der Waals surface area contributed by atoms with Gasteiger partial charge >= 0.3 is 5.97 Å². The van der Waals surface area contributed by atoms with Gasteiger partial charge in [-0.2, -0.15) is 16.7 Å². The second-order valence-electron chi connectivity index (χ2n) is 13.1. The number of hydrogen-bond acceptors (Lipinski definition) is 13. The molecule has 2 aromatic carbocycles. The van der Waals surface area contributed by atoms with E-state index in [2.05, 4.69) is 49.3 Å². The first kappa shape index (κ1) is 39.4. The van der Waals surface area contributed by atoms with Crippen LogP contribution < -0.4 is 14.5 Å². The summed E-state index contributed by atoms with van der Waals surface area (Å²) in [5, 5.41) is 36.4. The highest BCUT2D eigenvalue weighted by atomic mass is 32.2. The molecule has 1 aromatic heterocycles. The van der Waals surface area contributed by atoms with Gasteiger partial charge in [-0.1, -0.05) is 25.9 Å². The van der Waals surface area contributed by atoms with E-state index in [9.17, 15) is 24.8 Å². The fraction of sp³-hybridized carbons (Fsp3) is 0.515. The van der Waals surface area contributed by atoms with E-state index in [4.69, 9.17) is 23.5 Å². The van der Waals surface area contributed by atoms with Crippen LogP contribution in [0.1, 0.15) is 78.4 Å². The fourth-order valence-corrected chi connectivity index (χ4v) is 6.54. The predicted octanol–water partition coefficient (Wildman–Crippen LogP) is 5.57. The third kappa shape index (κ3) is 10.7. The molecule has 268 valence electrons. The van der Waals surface area contributed by atoms with Crippen LogP contribution in [0.5, 0.6) is 11.5 Å². The van der Waals surface area contributed by atoms with Gasteiger partial charge in [0, 0.05) is 47.3 Å². The summed E-state index contributed by atoms with van der Waals surface area (Å²) in [6.07, 6.45) is -0.959. The van der Waals surface area contributed by atoms with Crippen molar-refractivity contribution in [3.05, 3.63) is 74.4 Å². The molecule has 0 bridgehead atoms. The van der Waals surface area contributed by atoms with E-state index in [0.717, 1.165) is 0 Å². The molecule has 0 unspecified atom stereocenters. The highest BCUT2D eigenvalue weighted by molar-refractivity contribution is 7.98. The second-order valence-corrected chi connectivity index (χ2v) is 18.9. The number of aryl methyl sites for hydroxylation is 1. The van der Waals surface area contributed by atoms with Gasteiger partial charge in [-0.25, -0.2) is 4.79 Å². The molecule has 0 saturated heterocycles. The van der Waals surface area contributed by atoms with Crippen LogP contribution in [0, 0.1) is 24.0 Å². The first-order chi connectivity index (χ1) is 23.0. The van der Waals surface area contributed by atoms with E-state index in [1.54, 1.807) is 19.9 Å². The van der Waals surface area contributed by atoms with Crippen LogP contribution in [0.3, 0.4) is 0 Å². The van der Waals surface area contributed by atoms with E-state index in [1.165, 1.54) is 43.1 Å². The molecule has 0 aliphatic heterocycles. The predicted molar refractivity (Wildman–Crippen MR) is 186 cm³/mol. The van der Waals surface area contributed by atoms with Crippen molar-refractivity contribution in [2.75, 3.05) is 19.5 Å². The lowest BCUT2D eigenvalue weighted by Crippen LogP contribution is -2.44. The third-order valence-corrected chi connectivity index (χ3v) is 13.7. The van der Waals surface area contributed by atoms with Crippen LogP contribution in [0.4, 0.5) is 5.69 Å². The highest BCUT2D eigenvalue weighted by Crippen LogP contribution is 2.42. The number of aromatic nitrogens is 2. The van der Waals surface area contributed by atoms with Crippen molar-refractivity contribution in [2.24, 2.45) is 0 Å². The molecular formula is C33H46N4O10SSi. The maximum Gasteiger partial charge on any atom is 0.339 e. The van der Waals surface area contributed by atoms with E-state index in [-0.39, 0.29) is 59.0 Å². The van der Waals surface area contributed by atoms with Crippen molar-refractivity contribution in [3.8, 4) is 11.5 Å². The van der Waals surface area contributed by atoms with E-state index in [1.807, 2.05) is 0 Å². The fourth-order valence-electron chi connectivity index (χ4n) is 4.44. The Hall–Kier alpha value is -3.99. The van der Waals surface area contributed by atoms with Crippen LogP contribution in [0.25, 0.3) is 0 Å². The van der Waals surface area contributed by atoms with Gasteiger partial charge in [0.05, 0.1) is 30.3 Å². The number of thioether (sulfide) groups is 1. The number of nitro groups is 1. The molecule has 0 saturated carbocycles. The SMILES string of the molecule is COc1cc(O[Si](C)(C)C(C)(C)C)c(CSC[C@H](NC(=O)CC[C@@H](O)CO)c2nc(C)no2)c(C(=O)OCc2ccc([N+](=O)[O-])cc2)c1C. The summed E-state index contributed by atoms with van der Waals surface area (Å²) in [5.74, 6) is 1.07. The van der Waals surface area contributed by atoms with Gasteiger partial charge in [0.15, 0.2) is 5.82 Å². The average Bonchev–Trinajstić information content (AvgIpc) is 3.48. The number of carbonyl (C=O) groups excluding carboxylic acids is 2. The minimum absolute atomic E-state index is 0.0249. The first-order valence-corrected chi connectivity index (χ1v) is 19.8. The molecule has 2 atom stereocenters. The number of esters is 1. The van der Waals surface area contributed by atoms with Crippen molar-refractivity contribution in [2.45, 2.75) is 90.1 Å². The number of nitro benzene ring substituents is 1. The quantitative estimate of drug-likeness (QED) is 0.0679. The number of hydrogen-bond donors (Lipinski definition) is 3. The minimum Gasteiger partial charge on any atom is -0.543 e. The molecule has 0 aliphatic carbocycles. The number of methoxy groups -OCH3 is 1. The average molecular weight is 719 g/mol. The summed E-state index contributed by atoms with van der Waals surface area (Å²) < 4.78 is 23.6. The third-order valence-electron chi connectivity index (χ3n) is 8.34. The van der Waals surface area contributed by atoms with Crippen molar-refractivity contribution in [1.29, 1.82) is 0 Å².